The maximum Gasteiger partial charge on any atom is 0.276 e. The maximum atomic E-state index is 12.2. The summed E-state index contributed by atoms with van der Waals surface area (Å²) in [6.45, 7) is 6.37. The monoisotopic (exact) mass is 415 g/mol. The number of nitrogens with one attached hydrogen (secondary N) is 3. The summed E-state index contributed by atoms with van der Waals surface area (Å²) in [5.41, 5.74) is 6.43. The van der Waals surface area contributed by atoms with Gasteiger partial charge < -0.3 is 9.47 Å². The van der Waals surface area contributed by atoms with Crippen molar-refractivity contribution in [3.63, 3.8) is 0 Å². The lowest BCUT2D eigenvalue weighted by Gasteiger charge is -2.12. The highest BCUT2D eigenvalue weighted by atomic mass is 32.1. The molecule has 29 heavy (non-hydrogen) atoms. The standard InChI is InChI=1S/C21H25N3O4S/c1-4-27-18-7-5-6-16(12-18)20(26)22-21(29)24-23-19(25)13-28-17-10-8-15(9-11-17)14(2)3/h5-12,14H,4,13H2,1-3H3,(H,23,25)(H2,22,24,26,29). The first-order valence-corrected chi connectivity index (χ1v) is 9.65. The van der Waals surface area contributed by atoms with Crippen molar-refractivity contribution < 1.29 is 19.1 Å². The molecular weight excluding hydrogens is 390 g/mol. The van der Waals surface area contributed by atoms with Gasteiger partial charge in [-0.1, -0.05) is 32.0 Å². The summed E-state index contributed by atoms with van der Waals surface area (Å²) in [6.07, 6.45) is 0. The van der Waals surface area contributed by atoms with Crippen LogP contribution in [-0.4, -0.2) is 30.1 Å². The predicted octanol–water partition coefficient (Wildman–Crippen LogP) is 2.92. The van der Waals surface area contributed by atoms with Gasteiger partial charge in [0, 0.05) is 5.56 Å². The minimum atomic E-state index is -0.437. The second-order valence-electron chi connectivity index (χ2n) is 6.43. The molecule has 0 atom stereocenters. The summed E-state index contributed by atoms with van der Waals surface area (Å²) in [5, 5.41) is 2.45. The third kappa shape index (κ3) is 7.42. The van der Waals surface area contributed by atoms with E-state index in [9.17, 15) is 9.59 Å². The van der Waals surface area contributed by atoms with E-state index in [1.165, 1.54) is 5.56 Å². The molecule has 0 bridgehead atoms. The van der Waals surface area contributed by atoms with Crippen LogP contribution in [0.25, 0.3) is 0 Å². The molecule has 2 amide bonds. The molecule has 0 fully saturated rings. The summed E-state index contributed by atoms with van der Waals surface area (Å²) in [6, 6.07) is 14.3. The maximum absolute atomic E-state index is 12.2. The van der Waals surface area contributed by atoms with Crippen molar-refractivity contribution in [2.24, 2.45) is 0 Å². The fraction of sp³-hybridized carbons (Fsp3) is 0.286. The number of carbonyl (C=O) groups excluding carboxylic acids is 2. The number of carbonyl (C=O) groups is 2. The molecule has 0 aromatic heterocycles. The summed E-state index contributed by atoms with van der Waals surface area (Å²) in [7, 11) is 0. The molecule has 0 radical (unpaired) electrons. The zero-order chi connectivity index (χ0) is 21.2. The molecule has 2 rings (SSSR count). The van der Waals surface area contributed by atoms with Crippen LogP contribution in [0.2, 0.25) is 0 Å². The van der Waals surface area contributed by atoms with Gasteiger partial charge in [-0.3, -0.25) is 25.8 Å². The van der Waals surface area contributed by atoms with Gasteiger partial charge >= 0.3 is 0 Å². The van der Waals surface area contributed by atoms with Crippen LogP contribution in [-0.2, 0) is 4.79 Å². The van der Waals surface area contributed by atoms with Gasteiger partial charge in [0.05, 0.1) is 6.61 Å². The van der Waals surface area contributed by atoms with E-state index < -0.39 is 11.8 Å². The van der Waals surface area contributed by atoms with Crippen molar-refractivity contribution in [3.8, 4) is 11.5 Å². The Hall–Kier alpha value is -3.13. The number of hydrazine groups is 1. The molecule has 3 N–H and O–H groups in total. The first kappa shape index (κ1) is 22.2. The van der Waals surface area contributed by atoms with E-state index in [1.807, 2.05) is 31.2 Å². The normalized spacial score (nSPS) is 10.2. The summed E-state index contributed by atoms with van der Waals surface area (Å²) < 4.78 is 10.8. The van der Waals surface area contributed by atoms with Crippen LogP contribution in [0.4, 0.5) is 0 Å². The number of ether oxygens (including phenoxy) is 2. The summed E-state index contributed by atoms with van der Waals surface area (Å²) >= 11 is 5.02. The molecule has 0 aliphatic rings. The molecular formula is C21H25N3O4S. The summed E-state index contributed by atoms with van der Waals surface area (Å²) in [4.78, 5) is 24.1. The largest absolute Gasteiger partial charge is 0.494 e. The van der Waals surface area contributed by atoms with E-state index in [2.05, 4.69) is 30.0 Å². The topological polar surface area (TPSA) is 88.7 Å². The lowest BCUT2D eigenvalue weighted by atomic mass is 10.0. The van der Waals surface area contributed by atoms with E-state index in [0.29, 0.717) is 29.6 Å². The summed E-state index contributed by atoms with van der Waals surface area (Å²) in [5.74, 6) is 0.752. The highest BCUT2D eigenvalue weighted by Gasteiger charge is 2.10. The number of hydrogen-bond acceptors (Lipinski definition) is 5. The molecule has 0 saturated carbocycles. The Kier molecular flexibility index (Phi) is 8.42. The van der Waals surface area contributed by atoms with Crippen LogP contribution in [0.15, 0.2) is 48.5 Å². The third-order valence-electron chi connectivity index (χ3n) is 3.87. The van der Waals surface area contributed by atoms with Crippen molar-refractivity contribution in [1.82, 2.24) is 16.2 Å². The van der Waals surface area contributed by atoms with Crippen molar-refractivity contribution in [3.05, 3.63) is 59.7 Å². The molecule has 2 aromatic carbocycles. The lowest BCUT2D eigenvalue weighted by Crippen LogP contribution is -2.49. The Morgan fingerprint density at radius 3 is 2.38 bits per heavy atom. The minimum absolute atomic E-state index is 0.0357. The van der Waals surface area contributed by atoms with Crippen LogP contribution in [0.5, 0.6) is 11.5 Å². The van der Waals surface area contributed by atoms with Gasteiger partial charge in [-0.25, -0.2) is 0 Å². The number of rotatable bonds is 7. The Morgan fingerprint density at radius 2 is 1.72 bits per heavy atom. The molecule has 2 aromatic rings. The minimum Gasteiger partial charge on any atom is -0.494 e. The van der Waals surface area contributed by atoms with Crippen molar-refractivity contribution in [1.29, 1.82) is 0 Å². The molecule has 154 valence electrons. The molecule has 8 heteroatoms. The van der Waals surface area contributed by atoms with E-state index in [0.717, 1.165) is 0 Å². The number of hydrogen-bond donors (Lipinski definition) is 3. The fourth-order valence-corrected chi connectivity index (χ4v) is 2.50. The second kappa shape index (κ2) is 11.0. The van der Waals surface area contributed by atoms with Crippen LogP contribution >= 0.6 is 12.2 Å². The van der Waals surface area contributed by atoms with E-state index in [4.69, 9.17) is 21.7 Å². The van der Waals surface area contributed by atoms with E-state index in [1.54, 1.807) is 24.3 Å². The van der Waals surface area contributed by atoms with Gasteiger partial charge in [0.2, 0.25) is 0 Å². The van der Waals surface area contributed by atoms with Gasteiger partial charge in [0.15, 0.2) is 11.7 Å². The van der Waals surface area contributed by atoms with Crippen molar-refractivity contribution >= 4 is 29.1 Å². The smallest absolute Gasteiger partial charge is 0.276 e. The fourth-order valence-electron chi connectivity index (χ4n) is 2.36. The molecule has 0 aliphatic heterocycles. The van der Waals surface area contributed by atoms with Crippen LogP contribution in [0.3, 0.4) is 0 Å². The average Bonchev–Trinajstić information content (AvgIpc) is 2.71. The van der Waals surface area contributed by atoms with E-state index in [-0.39, 0.29) is 11.7 Å². The number of benzene rings is 2. The zero-order valence-corrected chi connectivity index (χ0v) is 17.5. The molecule has 0 saturated heterocycles. The number of thiocarbonyl (C=S) groups is 1. The van der Waals surface area contributed by atoms with Gasteiger partial charge in [0.1, 0.15) is 11.5 Å². The quantitative estimate of drug-likeness (QED) is 0.476. The van der Waals surface area contributed by atoms with Crippen LogP contribution in [0, 0.1) is 0 Å². The van der Waals surface area contributed by atoms with Gasteiger partial charge in [-0.15, -0.1) is 0 Å². The molecule has 0 heterocycles. The Balaban J connectivity index is 1.74. The van der Waals surface area contributed by atoms with Gasteiger partial charge in [-0.2, -0.15) is 0 Å². The van der Waals surface area contributed by atoms with Crippen LogP contribution < -0.4 is 25.6 Å². The molecule has 0 unspecified atom stereocenters. The van der Waals surface area contributed by atoms with Crippen molar-refractivity contribution in [2.45, 2.75) is 26.7 Å². The molecule has 0 spiro atoms. The van der Waals surface area contributed by atoms with Gasteiger partial charge in [0.25, 0.3) is 11.8 Å². The second-order valence-corrected chi connectivity index (χ2v) is 6.84. The Morgan fingerprint density at radius 1 is 1.00 bits per heavy atom. The Labute approximate surface area is 175 Å². The molecule has 7 nitrogen and oxygen atoms in total. The SMILES string of the molecule is CCOc1cccc(C(=O)NC(=S)NNC(=O)COc2ccc(C(C)C)cc2)c1. The zero-order valence-electron chi connectivity index (χ0n) is 16.7. The van der Waals surface area contributed by atoms with Crippen LogP contribution in [0.1, 0.15) is 42.6 Å². The van der Waals surface area contributed by atoms with Gasteiger partial charge in [-0.05, 0) is 61.0 Å². The highest BCUT2D eigenvalue weighted by Crippen LogP contribution is 2.18. The molecule has 0 aliphatic carbocycles. The first-order chi connectivity index (χ1) is 13.9. The number of amides is 2. The van der Waals surface area contributed by atoms with E-state index >= 15 is 0 Å². The van der Waals surface area contributed by atoms with Crippen molar-refractivity contribution in [2.75, 3.05) is 13.2 Å². The highest BCUT2D eigenvalue weighted by molar-refractivity contribution is 7.80. The Bertz CT molecular complexity index is 853. The average molecular weight is 416 g/mol. The third-order valence-corrected chi connectivity index (χ3v) is 4.07. The predicted molar refractivity (Wildman–Crippen MR) is 115 cm³/mol. The lowest BCUT2D eigenvalue weighted by molar-refractivity contribution is -0.123. The first-order valence-electron chi connectivity index (χ1n) is 9.24.